The number of amides is 1. The minimum absolute atomic E-state index is 0.0941. The van der Waals surface area contributed by atoms with Gasteiger partial charge in [0.15, 0.2) is 0 Å². The minimum atomic E-state index is -0.856. The normalized spacial score (nSPS) is 12.5. The summed E-state index contributed by atoms with van der Waals surface area (Å²) in [5.74, 6) is -1.43. The van der Waals surface area contributed by atoms with E-state index < -0.39 is 11.9 Å². The van der Waals surface area contributed by atoms with Gasteiger partial charge in [0.1, 0.15) is 0 Å². The molecule has 0 aliphatic carbocycles. The molecule has 0 bridgehead atoms. The third-order valence-corrected chi connectivity index (χ3v) is 2.17. The van der Waals surface area contributed by atoms with E-state index in [1.54, 1.807) is 6.92 Å². The number of carboxylic acids is 1. The lowest BCUT2D eigenvalue weighted by Crippen LogP contribution is -2.34. The molecular weight excluding hydrogens is 196 g/mol. The molecule has 2 N–H and O–H groups in total. The van der Waals surface area contributed by atoms with Crippen LogP contribution in [0.5, 0.6) is 0 Å². The number of carbonyl (C=O) groups is 2. The van der Waals surface area contributed by atoms with E-state index in [1.807, 2.05) is 19.0 Å². The third kappa shape index (κ3) is 6.90. The van der Waals surface area contributed by atoms with Gasteiger partial charge >= 0.3 is 5.97 Å². The average molecular weight is 216 g/mol. The van der Waals surface area contributed by atoms with E-state index in [4.69, 9.17) is 5.11 Å². The van der Waals surface area contributed by atoms with E-state index in [9.17, 15) is 9.59 Å². The van der Waals surface area contributed by atoms with Crippen LogP contribution in [-0.2, 0) is 9.59 Å². The van der Waals surface area contributed by atoms with Gasteiger partial charge in [-0.1, -0.05) is 6.92 Å². The van der Waals surface area contributed by atoms with Crippen LogP contribution in [0.15, 0.2) is 0 Å². The molecule has 88 valence electrons. The number of rotatable bonds is 7. The van der Waals surface area contributed by atoms with Gasteiger partial charge in [0.05, 0.1) is 5.92 Å². The van der Waals surface area contributed by atoms with Crippen molar-refractivity contribution < 1.29 is 14.7 Å². The average Bonchev–Trinajstić information content (AvgIpc) is 2.15. The molecule has 1 amide bonds. The fourth-order valence-corrected chi connectivity index (χ4v) is 1.06. The van der Waals surface area contributed by atoms with Crippen molar-refractivity contribution in [2.24, 2.45) is 5.92 Å². The van der Waals surface area contributed by atoms with E-state index >= 15 is 0 Å². The van der Waals surface area contributed by atoms with Gasteiger partial charge in [-0.25, -0.2) is 0 Å². The molecule has 0 saturated carbocycles. The molecule has 0 rings (SSSR count). The Kier molecular flexibility index (Phi) is 6.70. The molecule has 0 fully saturated rings. The molecule has 0 saturated heterocycles. The molecule has 0 spiro atoms. The summed E-state index contributed by atoms with van der Waals surface area (Å²) >= 11 is 0. The maximum atomic E-state index is 11.3. The fraction of sp³-hybridized carbons (Fsp3) is 0.800. The van der Waals surface area contributed by atoms with Crippen molar-refractivity contribution >= 4 is 11.9 Å². The summed E-state index contributed by atoms with van der Waals surface area (Å²) in [7, 11) is 3.78. The zero-order valence-electron chi connectivity index (χ0n) is 9.62. The molecule has 0 aliphatic rings. The summed E-state index contributed by atoms with van der Waals surface area (Å²) < 4.78 is 0. The standard InChI is InChI=1S/C10H20N2O3/c1-4-8(10(14)15)7-11-9(13)5-6-12(2)3/h8H,4-7H2,1-3H3,(H,11,13)(H,14,15). The number of aliphatic carboxylic acids is 1. The third-order valence-electron chi connectivity index (χ3n) is 2.17. The van der Waals surface area contributed by atoms with Crippen LogP contribution in [0.25, 0.3) is 0 Å². The lowest BCUT2D eigenvalue weighted by molar-refractivity contribution is -0.141. The van der Waals surface area contributed by atoms with Crippen LogP contribution >= 0.6 is 0 Å². The van der Waals surface area contributed by atoms with Gasteiger partial charge in [0.25, 0.3) is 0 Å². The molecule has 0 heterocycles. The Morgan fingerprint density at radius 3 is 2.40 bits per heavy atom. The maximum Gasteiger partial charge on any atom is 0.308 e. The molecule has 15 heavy (non-hydrogen) atoms. The van der Waals surface area contributed by atoms with E-state index in [2.05, 4.69) is 5.32 Å². The Hall–Kier alpha value is -1.10. The highest BCUT2D eigenvalue weighted by Gasteiger charge is 2.15. The first-order valence-electron chi connectivity index (χ1n) is 5.11. The lowest BCUT2D eigenvalue weighted by Gasteiger charge is -2.12. The number of hydrogen-bond donors (Lipinski definition) is 2. The number of carboxylic acid groups (broad SMARTS) is 1. The van der Waals surface area contributed by atoms with Crippen molar-refractivity contribution in [2.75, 3.05) is 27.2 Å². The quantitative estimate of drug-likeness (QED) is 0.636. The largest absolute Gasteiger partial charge is 0.481 e. The highest BCUT2D eigenvalue weighted by Crippen LogP contribution is 2.00. The smallest absolute Gasteiger partial charge is 0.308 e. The Labute approximate surface area is 90.5 Å². The summed E-state index contributed by atoms with van der Waals surface area (Å²) in [4.78, 5) is 23.8. The van der Waals surface area contributed by atoms with E-state index in [1.165, 1.54) is 0 Å². The molecule has 0 aromatic rings. The molecular formula is C10H20N2O3. The summed E-state index contributed by atoms with van der Waals surface area (Å²) in [5.41, 5.74) is 0. The Morgan fingerprint density at radius 2 is 2.00 bits per heavy atom. The van der Waals surface area contributed by atoms with Crippen LogP contribution in [-0.4, -0.2) is 49.1 Å². The van der Waals surface area contributed by atoms with Crippen LogP contribution in [0.4, 0.5) is 0 Å². The second-order valence-corrected chi connectivity index (χ2v) is 3.80. The van der Waals surface area contributed by atoms with Crippen molar-refractivity contribution in [3.63, 3.8) is 0 Å². The molecule has 5 heteroatoms. The minimum Gasteiger partial charge on any atom is -0.481 e. The SMILES string of the molecule is CCC(CNC(=O)CCN(C)C)C(=O)O. The first kappa shape index (κ1) is 13.9. The zero-order valence-corrected chi connectivity index (χ0v) is 9.62. The van der Waals surface area contributed by atoms with Crippen molar-refractivity contribution in [1.82, 2.24) is 10.2 Å². The highest BCUT2D eigenvalue weighted by molar-refractivity contribution is 5.77. The van der Waals surface area contributed by atoms with Crippen LogP contribution in [0.1, 0.15) is 19.8 Å². The summed E-state index contributed by atoms with van der Waals surface area (Å²) in [6.07, 6.45) is 0.937. The van der Waals surface area contributed by atoms with Crippen LogP contribution in [0, 0.1) is 5.92 Å². The predicted octanol–water partition coefficient (Wildman–Crippen LogP) is 0.165. The molecule has 0 aliphatic heterocycles. The second kappa shape index (κ2) is 7.23. The number of carbonyl (C=O) groups excluding carboxylic acids is 1. The van der Waals surface area contributed by atoms with Crippen molar-refractivity contribution in [2.45, 2.75) is 19.8 Å². The fourth-order valence-electron chi connectivity index (χ4n) is 1.06. The highest BCUT2D eigenvalue weighted by atomic mass is 16.4. The van der Waals surface area contributed by atoms with Gasteiger partial charge < -0.3 is 15.3 Å². The lowest BCUT2D eigenvalue weighted by atomic mass is 10.1. The van der Waals surface area contributed by atoms with Crippen LogP contribution in [0.2, 0.25) is 0 Å². The first-order chi connectivity index (χ1) is 6.97. The number of nitrogens with zero attached hydrogens (tertiary/aromatic N) is 1. The molecule has 5 nitrogen and oxygen atoms in total. The van der Waals surface area contributed by atoms with Gasteiger partial charge in [-0.2, -0.15) is 0 Å². The molecule has 0 aromatic heterocycles. The molecule has 1 unspecified atom stereocenters. The van der Waals surface area contributed by atoms with E-state index in [0.717, 1.165) is 0 Å². The van der Waals surface area contributed by atoms with Gasteiger partial charge in [0.2, 0.25) is 5.91 Å². The maximum absolute atomic E-state index is 11.3. The van der Waals surface area contributed by atoms with Gasteiger partial charge in [-0.3, -0.25) is 9.59 Å². The Morgan fingerprint density at radius 1 is 1.40 bits per heavy atom. The van der Waals surface area contributed by atoms with E-state index in [-0.39, 0.29) is 12.5 Å². The van der Waals surface area contributed by atoms with Crippen molar-refractivity contribution in [3.8, 4) is 0 Å². The zero-order chi connectivity index (χ0) is 11.8. The molecule has 1 atom stereocenters. The predicted molar refractivity (Wildman–Crippen MR) is 57.6 cm³/mol. The first-order valence-corrected chi connectivity index (χ1v) is 5.11. The van der Waals surface area contributed by atoms with E-state index in [0.29, 0.717) is 19.4 Å². The molecule has 0 radical (unpaired) electrons. The number of hydrogen-bond acceptors (Lipinski definition) is 3. The summed E-state index contributed by atoms with van der Waals surface area (Å²) in [5, 5.41) is 11.4. The van der Waals surface area contributed by atoms with Crippen LogP contribution < -0.4 is 5.32 Å². The van der Waals surface area contributed by atoms with Gasteiger partial charge in [0, 0.05) is 19.5 Å². The topological polar surface area (TPSA) is 69.6 Å². The Balaban J connectivity index is 3.74. The second-order valence-electron chi connectivity index (χ2n) is 3.80. The molecule has 0 aromatic carbocycles. The van der Waals surface area contributed by atoms with Crippen molar-refractivity contribution in [1.29, 1.82) is 0 Å². The van der Waals surface area contributed by atoms with Crippen molar-refractivity contribution in [3.05, 3.63) is 0 Å². The Bertz CT molecular complexity index is 217. The van der Waals surface area contributed by atoms with Gasteiger partial charge in [-0.15, -0.1) is 0 Å². The monoisotopic (exact) mass is 216 g/mol. The van der Waals surface area contributed by atoms with Gasteiger partial charge in [-0.05, 0) is 20.5 Å². The van der Waals surface area contributed by atoms with Crippen LogP contribution in [0.3, 0.4) is 0 Å². The summed E-state index contributed by atoms with van der Waals surface area (Å²) in [6.45, 7) is 2.69. The number of nitrogens with one attached hydrogen (secondary N) is 1. The summed E-state index contributed by atoms with van der Waals surface area (Å²) in [6, 6.07) is 0.